The highest BCUT2D eigenvalue weighted by Gasteiger charge is 2.16. The van der Waals surface area contributed by atoms with E-state index in [1.807, 2.05) is 60.7 Å². The van der Waals surface area contributed by atoms with Gasteiger partial charge in [-0.15, -0.1) is 0 Å². The van der Waals surface area contributed by atoms with Crippen LogP contribution in [0.2, 0.25) is 0 Å². The normalized spacial score (nSPS) is 11.0. The van der Waals surface area contributed by atoms with Gasteiger partial charge in [0.25, 0.3) is 5.56 Å². The van der Waals surface area contributed by atoms with E-state index in [0.29, 0.717) is 32.8 Å². The van der Waals surface area contributed by atoms with Crippen molar-refractivity contribution in [1.29, 1.82) is 0 Å². The van der Waals surface area contributed by atoms with E-state index in [-0.39, 0.29) is 17.2 Å². The Balaban J connectivity index is 1.36. The molecule has 0 fully saturated rings. The quantitative estimate of drug-likeness (QED) is 0.294. The summed E-state index contributed by atoms with van der Waals surface area (Å²) in [5.41, 5.74) is 1.66. The third-order valence-electron chi connectivity index (χ3n) is 4.50. The van der Waals surface area contributed by atoms with E-state index in [1.165, 1.54) is 10.8 Å². The van der Waals surface area contributed by atoms with Gasteiger partial charge in [0.2, 0.25) is 11.0 Å². The van der Waals surface area contributed by atoms with Gasteiger partial charge in [0.1, 0.15) is 5.39 Å². The van der Waals surface area contributed by atoms with Crippen LogP contribution >= 0.6 is 23.3 Å². The number of amides is 1. The lowest BCUT2D eigenvalue weighted by Gasteiger charge is -2.11. The third kappa shape index (κ3) is 4.03. The first-order valence-corrected chi connectivity index (χ1v) is 11.3. The Labute approximate surface area is 189 Å². The zero-order valence-corrected chi connectivity index (χ0v) is 18.1. The fraction of sp³-hybridized carbons (Fsp3) is 0.0476. The van der Waals surface area contributed by atoms with Crippen molar-refractivity contribution < 1.29 is 4.79 Å². The van der Waals surface area contributed by atoms with Crippen LogP contribution in [0.4, 0.5) is 5.13 Å². The number of para-hydroxylation sites is 1. The first-order valence-electron chi connectivity index (χ1n) is 9.52. The monoisotopic (exact) mass is 461 g/mol. The van der Waals surface area contributed by atoms with Crippen molar-refractivity contribution >= 4 is 45.4 Å². The van der Waals surface area contributed by atoms with Gasteiger partial charge < -0.3 is 0 Å². The number of aromatic amines is 1. The van der Waals surface area contributed by atoms with Gasteiger partial charge in [0.05, 0.1) is 17.6 Å². The minimum absolute atomic E-state index is 0.0408. The molecule has 0 aliphatic heterocycles. The van der Waals surface area contributed by atoms with Gasteiger partial charge in [-0.3, -0.25) is 24.6 Å². The number of anilines is 1. The molecule has 32 heavy (non-hydrogen) atoms. The number of carbonyl (C=O) groups excluding carboxylic acids is 1. The van der Waals surface area contributed by atoms with Crippen molar-refractivity contribution in [3.63, 3.8) is 0 Å². The van der Waals surface area contributed by atoms with E-state index >= 15 is 0 Å². The Hall–Kier alpha value is -3.83. The number of aromatic nitrogens is 6. The molecule has 0 bridgehead atoms. The van der Waals surface area contributed by atoms with Crippen LogP contribution in [0.1, 0.15) is 0 Å². The molecule has 1 amide bonds. The van der Waals surface area contributed by atoms with Crippen LogP contribution < -0.4 is 10.9 Å². The number of hydrogen-bond acceptors (Lipinski definition) is 8. The van der Waals surface area contributed by atoms with Crippen molar-refractivity contribution in [2.45, 2.75) is 5.16 Å². The van der Waals surface area contributed by atoms with Gasteiger partial charge in [0.15, 0.2) is 16.6 Å². The summed E-state index contributed by atoms with van der Waals surface area (Å²) in [6, 6.07) is 18.7. The van der Waals surface area contributed by atoms with Crippen LogP contribution in [0, 0.1) is 0 Å². The maximum Gasteiger partial charge on any atom is 0.269 e. The average molecular weight is 462 g/mol. The molecular weight excluding hydrogens is 446 g/mol. The topological polar surface area (TPSA) is 118 Å². The van der Waals surface area contributed by atoms with Crippen LogP contribution in [0.3, 0.4) is 0 Å². The minimum Gasteiger partial charge on any atom is -0.300 e. The molecule has 2 N–H and O–H groups in total. The van der Waals surface area contributed by atoms with Gasteiger partial charge in [-0.05, 0) is 12.1 Å². The standard InChI is InChI=1S/C21H15N7O2S2/c29-16(23-20-24-17(27-32-20)13-7-3-1-4-8-13)12-31-21-25-18-15(11-22-26-18)19(30)28(21)14-9-5-2-6-10-14/h1-11H,12H2,(H,22,26)(H,23,24,27,29). The van der Waals surface area contributed by atoms with Gasteiger partial charge >= 0.3 is 0 Å². The number of thioether (sulfide) groups is 1. The molecular formula is C21H15N7O2S2. The van der Waals surface area contributed by atoms with Crippen molar-refractivity contribution in [1.82, 2.24) is 29.1 Å². The fourth-order valence-electron chi connectivity index (χ4n) is 3.04. The third-order valence-corrected chi connectivity index (χ3v) is 6.07. The first kappa shape index (κ1) is 20.1. The number of hydrogen-bond donors (Lipinski definition) is 2. The molecule has 3 heterocycles. The molecule has 5 rings (SSSR count). The molecule has 9 nitrogen and oxygen atoms in total. The molecule has 158 valence electrons. The molecule has 0 atom stereocenters. The summed E-state index contributed by atoms with van der Waals surface area (Å²) in [7, 11) is 0. The van der Waals surface area contributed by atoms with Gasteiger partial charge in [-0.2, -0.15) is 14.5 Å². The van der Waals surface area contributed by atoms with Crippen molar-refractivity contribution in [3.05, 3.63) is 77.2 Å². The number of rotatable bonds is 6. The Kier molecular flexibility index (Phi) is 5.48. The van der Waals surface area contributed by atoms with Crippen LogP contribution in [0.5, 0.6) is 0 Å². The zero-order chi connectivity index (χ0) is 21.9. The van der Waals surface area contributed by atoms with Crippen molar-refractivity contribution in [3.8, 4) is 17.1 Å². The minimum atomic E-state index is -0.274. The number of carbonyl (C=O) groups is 1. The maximum absolute atomic E-state index is 13.0. The largest absolute Gasteiger partial charge is 0.300 e. The van der Waals surface area contributed by atoms with Crippen LogP contribution in [-0.2, 0) is 4.79 Å². The molecule has 2 aromatic carbocycles. The molecule has 0 saturated carbocycles. The van der Waals surface area contributed by atoms with Crippen molar-refractivity contribution in [2.24, 2.45) is 0 Å². The molecule has 0 aliphatic carbocycles. The number of H-pyrrole nitrogens is 1. The van der Waals surface area contributed by atoms with Gasteiger partial charge in [0, 0.05) is 17.1 Å². The molecule has 0 saturated heterocycles. The Morgan fingerprint density at radius 1 is 1.06 bits per heavy atom. The van der Waals surface area contributed by atoms with E-state index in [0.717, 1.165) is 28.9 Å². The Morgan fingerprint density at radius 2 is 1.81 bits per heavy atom. The highest BCUT2D eigenvalue weighted by Crippen LogP contribution is 2.23. The van der Waals surface area contributed by atoms with Crippen molar-refractivity contribution in [2.75, 3.05) is 11.1 Å². The van der Waals surface area contributed by atoms with Gasteiger partial charge in [-0.25, -0.2) is 4.98 Å². The lowest BCUT2D eigenvalue weighted by atomic mass is 10.2. The van der Waals surface area contributed by atoms with E-state index in [9.17, 15) is 9.59 Å². The SMILES string of the molecule is O=C(CSc1nc2[nH]ncc2c(=O)n1-c1ccccc1)Nc1nc(-c2ccccc2)ns1. The second kappa shape index (κ2) is 8.73. The second-order valence-electron chi connectivity index (χ2n) is 6.63. The molecule has 0 unspecified atom stereocenters. The van der Waals surface area contributed by atoms with E-state index < -0.39 is 0 Å². The molecule has 5 aromatic rings. The summed E-state index contributed by atoms with van der Waals surface area (Å²) in [6.45, 7) is 0. The lowest BCUT2D eigenvalue weighted by Crippen LogP contribution is -2.22. The van der Waals surface area contributed by atoms with E-state index in [4.69, 9.17) is 0 Å². The molecule has 0 aliphatic rings. The summed E-state index contributed by atoms with van der Waals surface area (Å²) < 4.78 is 5.77. The summed E-state index contributed by atoms with van der Waals surface area (Å²) in [5.74, 6) is 0.325. The summed E-state index contributed by atoms with van der Waals surface area (Å²) in [5, 5.41) is 10.6. The number of nitrogens with one attached hydrogen (secondary N) is 2. The smallest absolute Gasteiger partial charge is 0.269 e. The highest BCUT2D eigenvalue weighted by atomic mass is 32.2. The number of fused-ring (bicyclic) bond motifs is 1. The van der Waals surface area contributed by atoms with Crippen LogP contribution in [0.25, 0.3) is 28.1 Å². The Bertz CT molecular complexity index is 1450. The average Bonchev–Trinajstić information content (AvgIpc) is 3.49. The molecule has 11 heteroatoms. The number of benzene rings is 2. The maximum atomic E-state index is 13.0. The number of nitrogens with zero attached hydrogens (tertiary/aromatic N) is 5. The second-order valence-corrected chi connectivity index (χ2v) is 8.32. The predicted molar refractivity (Wildman–Crippen MR) is 124 cm³/mol. The first-order chi connectivity index (χ1) is 15.7. The molecule has 3 aromatic heterocycles. The summed E-state index contributed by atoms with van der Waals surface area (Å²) >= 11 is 2.27. The van der Waals surface area contributed by atoms with E-state index in [1.54, 1.807) is 0 Å². The van der Waals surface area contributed by atoms with Crippen LogP contribution in [-0.4, -0.2) is 40.8 Å². The molecule has 0 radical (unpaired) electrons. The highest BCUT2D eigenvalue weighted by molar-refractivity contribution is 7.99. The molecule has 0 spiro atoms. The van der Waals surface area contributed by atoms with Gasteiger partial charge in [-0.1, -0.05) is 60.3 Å². The van der Waals surface area contributed by atoms with E-state index in [2.05, 4.69) is 29.9 Å². The summed E-state index contributed by atoms with van der Waals surface area (Å²) in [6.07, 6.45) is 1.45. The Morgan fingerprint density at radius 3 is 2.59 bits per heavy atom. The summed E-state index contributed by atoms with van der Waals surface area (Å²) in [4.78, 5) is 34.4. The predicted octanol–water partition coefficient (Wildman–Crippen LogP) is 3.36. The lowest BCUT2D eigenvalue weighted by molar-refractivity contribution is -0.113. The fourth-order valence-corrected chi connectivity index (χ4v) is 4.45. The zero-order valence-electron chi connectivity index (χ0n) is 16.4. The van der Waals surface area contributed by atoms with Crippen LogP contribution in [0.15, 0.2) is 76.8 Å².